The molecule has 0 amide bonds. The molecule has 1 saturated heterocycles. The average Bonchev–Trinajstić information content (AvgIpc) is 3.38. The van der Waals surface area contributed by atoms with Gasteiger partial charge in [0.25, 0.3) is 5.56 Å². The minimum Gasteiger partial charge on any atom is -0.460 e. The van der Waals surface area contributed by atoms with Crippen molar-refractivity contribution in [2.75, 3.05) is 13.1 Å². The van der Waals surface area contributed by atoms with Crippen molar-refractivity contribution >= 4 is 22.3 Å². The van der Waals surface area contributed by atoms with Crippen molar-refractivity contribution in [3.8, 4) is 10.4 Å². The summed E-state index contributed by atoms with van der Waals surface area (Å²) in [5.41, 5.74) is 3.55. The Bertz CT molecular complexity index is 1200. The lowest BCUT2D eigenvalue weighted by molar-refractivity contribution is 0.109. The lowest BCUT2D eigenvalue weighted by Gasteiger charge is -2.43. The highest BCUT2D eigenvalue weighted by Crippen LogP contribution is 2.41. The Morgan fingerprint density at radius 2 is 1.97 bits per heavy atom. The van der Waals surface area contributed by atoms with Crippen molar-refractivity contribution in [1.82, 2.24) is 9.47 Å². The molecular weight excluding hydrogens is 380 g/mol. The Kier molecular flexibility index (Phi) is 3.99. The molecule has 5 heteroatoms. The molecule has 29 heavy (non-hydrogen) atoms. The van der Waals surface area contributed by atoms with Crippen molar-refractivity contribution < 1.29 is 4.42 Å². The van der Waals surface area contributed by atoms with Gasteiger partial charge in [-0.2, -0.15) is 0 Å². The molecule has 0 radical (unpaired) electrons. The zero-order chi connectivity index (χ0) is 19.4. The first-order valence-corrected chi connectivity index (χ1v) is 11.1. The summed E-state index contributed by atoms with van der Waals surface area (Å²) >= 11 is 1.75. The number of thiophene rings is 1. The second-order valence-corrected chi connectivity index (χ2v) is 9.25. The third kappa shape index (κ3) is 2.96. The SMILES string of the molecule is O=c1ccc(-c2cccs2)c2n1C[C@@H]1C[C@@H]2CN(Cc2cc3ccccc3o2)C1. The van der Waals surface area contributed by atoms with Crippen LogP contribution in [0.3, 0.4) is 0 Å². The van der Waals surface area contributed by atoms with E-state index in [-0.39, 0.29) is 5.56 Å². The summed E-state index contributed by atoms with van der Waals surface area (Å²) in [6, 6.07) is 18.4. The van der Waals surface area contributed by atoms with Gasteiger partial charge in [-0.3, -0.25) is 9.69 Å². The molecule has 0 unspecified atom stereocenters. The fraction of sp³-hybridized carbons (Fsp3) is 0.292. The van der Waals surface area contributed by atoms with Gasteiger partial charge in [0.15, 0.2) is 0 Å². The number of furan rings is 1. The number of hydrogen-bond acceptors (Lipinski definition) is 4. The van der Waals surface area contributed by atoms with Crippen LogP contribution in [0.5, 0.6) is 0 Å². The number of nitrogens with zero attached hydrogens (tertiary/aromatic N) is 2. The van der Waals surface area contributed by atoms with Crippen LogP contribution >= 0.6 is 11.3 Å². The van der Waals surface area contributed by atoms with E-state index in [1.165, 1.54) is 22.6 Å². The van der Waals surface area contributed by atoms with Crippen LogP contribution in [0.4, 0.5) is 0 Å². The number of rotatable bonds is 3. The normalized spacial score (nSPS) is 21.4. The molecule has 6 rings (SSSR count). The summed E-state index contributed by atoms with van der Waals surface area (Å²) in [6.07, 6.45) is 1.17. The minimum atomic E-state index is 0.140. The first-order chi connectivity index (χ1) is 14.2. The van der Waals surface area contributed by atoms with Gasteiger partial charge in [-0.15, -0.1) is 11.3 Å². The first kappa shape index (κ1) is 17.2. The highest BCUT2D eigenvalue weighted by molar-refractivity contribution is 7.13. The molecule has 5 heterocycles. The maximum Gasteiger partial charge on any atom is 0.250 e. The van der Waals surface area contributed by atoms with Crippen LogP contribution in [-0.2, 0) is 13.1 Å². The molecule has 4 nitrogen and oxygen atoms in total. The fourth-order valence-electron chi connectivity index (χ4n) is 5.22. The molecule has 4 aromatic rings. The molecule has 2 aliphatic rings. The minimum absolute atomic E-state index is 0.140. The van der Waals surface area contributed by atoms with Crippen molar-refractivity contribution in [2.24, 2.45) is 5.92 Å². The fourth-order valence-corrected chi connectivity index (χ4v) is 5.98. The Morgan fingerprint density at radius 1 is 1.03 bits per heavy atom. The Hall–Kier alpha value is -2.63. The molecule has 0 saturated carbocycles. The van der Waals surface area contributed by atoms with Crippen LogP contribution < -0.4 is 5.56 Å². The summed E-state index contributed by atoms with van der Waals surface area (Å²) in [5, 5.41) is 3.27. The number of benzene rings is 1. The molecule has 146 valence electrons. The van der Waals surface area contributed by atoms with Crippen LogP contribution in [0.1, 0.15) is 23.8 Å². The van der Waals surface area contributed by atoms with E-state index in [4.69, 9.17) is 4.42 Å². The smallest absolute Gasteiger partial charge is 0.250 e. The number of hydrogen-bond donors (Lipinski definition) is 0. The number of fused-ring (bicyclic) bond motifs is 5. The van der Waals surface area contributed by atoms with Gasteiger partial charge < -0.3 is 8.98 Å². The number of likely N-dealkylation sites (tertiary alicyclic amines) is 1. The summed E-state index contributed by atoms with van der Waals surface area (Å²) in [4.78, 5) is 16.4. The topological polar surface area (TPSA) is 38.4 Å². The Balaban J connectivity index is 1.34. The lowest BCUT2D eigenvalue weighted by atomic mass is 9.81. The standard InChI is InChI=1S/C24H22N2O2S/c27-23-8-7-20(22-6-3-9-29-22)24-18-10-16(13-26(23)24)12-25(14-18)15-19-11-17-4-1-2-5-21(17)28-19/h1-9,11,16,18H,10,12-15H2/t16-,18-/m1/s1. The lowest BCUT2D eigenvalue weighted by Crippen LogP contribution is -2.46. The largest absolute Gasteiger partial charge is 0.460 e. The maximum absolute atomic E-state index is 12.6. The zero-order valence-electron chi connectivity index (χ0n) is 16.1. The summed E-state index contributed by atoms with van der Waals surface area (Å²) in [6.45, 7) is 3.63. The van der Waals surface area contributed by atoms with E-state index >= 15 is 0 Å². The molecule has 3 aromatic heterocycles. The van der Waals surface area contributed by atoms with Crippen LogP contribution in [0, 0.1) is 5.92 Å². The van der Waals surface area contributed by atoms with Gasteiger partial charge >= 0.3 is 0 Å². The van der Waals surface area contributed by atoms with E-state index < -0.39 is 0 Å². The van der Waals surface area contributed by atoms with Gasteiger partial charge in [0.05, 0.1) is 6.54 Å². The van der Waals surface area contributed by atoms with E-state index in [1.807, 2.05) is 28.8 Å². The molecular formula is C24H22N2O2S. The van der Waals surface area contributed by atoms with E-state index in [0.717, 1.165) is 42.9 Å². The second-order valence-electron chi connectivity index (χ2n) is 8.30. The van der Waals surface area contributed by atoms with Crippen LogP contribution in [0.2, 0.25) is 0 Å². The second kappa shape index (κ2) is 6.71. The number of pyridine rings is 1. The summed E-state index contributed by atoms with van der Waals surface area (Å²) in [5.74, 6) is 1.93. The van der Waals surface area contributed by atoms with Crippen molar-refractivity contribution in [3.05, 3.63) is 81.8 Å². The molecule has 2 aliphatic heterocycles. The Labute approximate surface area is 173 Å². The van der Waals surface area contributed by atoms with Gasteiger partial charge in [0.2, 0.25) is 0 Å². The summed E-state index contributed by atoms with van der Waals surface area (Å²) in [7, 11) is 0. The van der Waals surface area contributed by atoms with Crippen molar-refractivity contribution in [2.45, 2.75) is 25.4 Å². The maximum atomic E-state index is 12.6. The number of piperidine rings is 1. The van der Waals surface area contributed by atoms with E-state index in [2.05, 4.69) is 34.5 Å². The van der Waals surface area contributed by atoms with E-state index in [1.54, 1.807) is 17.4 Å². The third-order valence-corrected chi connectivity index (χ3v) is 7.21. The molecule has 0 N–H and O–H groups in total. The molecule has 2 bridgehead atoms. The van der Waals surface area contributed by atoms with Crippen LogP contribution in [-0.4, -0.2) is 22.6 Å². The first-order valence-electron chi connectivity index (χ1n) is 10.2. The van der Waals surface area contributed by atoms with Gasteiger partial charge in [-0.25, -0.2) is 0 Å². The highest BCUT2D eigenvalue weighted by atomic mass is 32.1. The quantitative estimate of drug-likeness (QED) is 0.487. The van der Waals surface area contributed by atoms with Crippen LogP contribution in [0.15, 0.2) is 69.2 Å². The van der Waals surface area contributed by atoms with E-state index in [9.17, 15) is 4.79 Å². The van der Waals surface area contributed by atoms with Gasteiger partial charge in [0, 0.05) is 53.1 Å². The monoisotopic (exact) mass is 402 g/mol. The van der Waals surface area contributed by atoms with Gasteiger partial charge in [-0.1, -0.05) is 24.3 Å². The Morgan fingerprint density at radius 3 is 2.83 bits per heavy atom. The predicted molar refractivity (Wildman–Crippen MR) is 116 cm³/mol. The van der Waals surface area contributed by atoms with Crippen LogP contribution in [0.25, 0.3) is 21.4 Å². The highest BCUT2D eigenvalue weighted by Gasteiger charge is 2.36. The van der Waals surface area contributed by atoms with Crippen molar-refractivity contribution in [1.29, 1.82) is 0 Å². The predicted octanol–water partition coefficient (Wildman–Crippen LogP) is 4.94. The molecule has 2 atom stereocenters. The van der Waals surface area contributed by atoms with Gasteiger partial charge in [-0.05, 0) is 42.0 Å². The molecule has 0 aliphatic carbocycles. The average molecular weight is 403 g/mol. The van der Waals surface area contributed by atoms with Gasteiger partial charge in [0.1, 0.15) is 11.3 Å². The molecule has 1 aromatic carbocycles. The third-order valence-electron chi connectivity index (χ3n) is 6.31. The number of aromatic nitrogens is 1. The van der Waals surface area contributed by atoms with E-state index in [0.29, 0.717) is 11.8 Å². The van der Waals surface area contributed by atoms with Crippen molar-refractivity contribution in [3.63, 3.8) is 0 Å². The number of para-hydroxylation sites is 1. The summed E-state index contributed by atoms with van der Waals surface area (Å²) < 4.78 is 8.12. The molecule has 1 fully saturated rings. The molecule has 0 spiro atoms. The zero-order valence-corrected chi connectivity index (χ0v) is 16.9.